The third-order valence-corrected chi connectivity index (χ3v) is 7.04. The Kier molecular flexibility index (Phi) is 8.41. The second kappa shape index (κ2) is 11.3. The minimum absolute atomic E-state index is 0.0383. The Morgan fingerprint density at radius 2 is 1.53 bits per heavy atom. The first-order chi connectivity index (χ1) is 16.2. The molecule has 1 heterocycles. The predicted molar refractivity (Wildman–Crippen MR) is 127 cm³/mol. The van der Waals surface area contributed by atoms with Gasteiger partial charge in [0.2, 0.25) is 15.9 Å². The van der Waals surface area contributed by atoms with Gasteiger partial charge in [-0.25, -0.2) is 8.42 Å². The number of methoxy groups -OCH3 is 1. The van der Waals surface area contributed by atoms with Crippen LogP contribution in [0.5, 0.6) is 0 Å². The standard InChI is InChI=1S/C24H29N3O6S/c1-33-22(28)13-12-21(24(30)26-14-16-27(17-15-26)34(2,31)32)25-23(29)20-10-8-19(9-11-20)18-6-4-3-5-7-18/h3-11,21H,12-17H2,1-2H3,(H,25,29)/t21-/m0/s1. The quantitative estimate of drug-likeness (QED) is 0.565. The first-order valence-corrected chi connectivity index (χ1v) is 12.8. The Morgan fingerprint density at radius 1 is 0.941 bits per heavy atom. The molecule has 10 heteroatoms. The normalized spacial score (nSPS) is 15.4. The van der Waals surface area contributed by atoms with Crippen molar-refractivity contribution in [2.45, 2.75) is 18.9 Å². The van der Waals surface area contributed by atoms with Gasteiger partial charge in [-0.05, 0) is 29.7 Å². The number of nitrogens with one attached hydrogen (secondary N) is 1. The van der Waals surface area contributed by atoms with Crippen LogP contribution in [0, 0.1) is 0 Å². The fraction of sp³-hybridized carbons (Fsp3) is 0.375. The molecule has 9 nitrogen and oxygen atoms in total. The number of piperazine rings is 1. The van der Waals surface area contributed by atoms with E-state index >= 15 is 0 Å². The molecule has 1 aliphatic rings. The van der Waals surface area contributed by atoms with Crippen LogP contribution in [0.1, 0.15) is 23.2 Å². The fourth-order valence-corrected chi connectivity index (χ4v) is 4.59. The average molecular weight is 488 g/mol. The van der Waals surface area contributed by atoms with Crippen molar-refractivity contribution < 1.29 is 27.5 Å². The van der Waals surface area contributed by atoms with E-state index in [9.17, 15) is 22.8 Å². The summed E-state index contributed by atoms with van der Waals surface area (Å²) in [6, 6.07) is 15.8. The van der Waals surface area contributed by atoms with Crippen molar-refractivity contribution in [2.24, 2.45) is 0 Å². The van der Waals surface area contributed by atoms with Gasteiger partial charge >= 0.3 is 5.97 Å². The number of hydrogen-bond donors (Lipinski definition) is 1. The number of amides is 2. The molecule has 1 fully saturated rings. The van der Waals surface area contributed by atoms with Crippen molar-refractivity contribution >= 4 is 27.8 Å². The van der Waals surface area contributed by atoms with E-state index in [-0.39, 0.29) is 44.9 Å². The summed E-state index contributed by atoms with van der Waals surface area (Å²) in [5, 5.41) is 2.74. The Hall–Kier alpha value is -3.24. The number of rotatable bonds is 8. The average Bonchev–Trinajstić information content (AvgIpc) is 2.86. The van der Waals surface area contributed by atoms with Crippen LogP contribution in [0.3, 0.4) is 0 Å². The molecule has 2 aromatic rings. The second-order valence-electron chi connectivity index (χ2n) is 8.07. The molecule has 1 atom stereocenters. The highest BCUT2D eigenvalue weighted by atomic mass is 32.2. The van der Waals surface area contributed by atoms with Crippen molar-refractivity contribution in [1.29, 1.82) is 0 Å². The largest absolute Gasteiger partial charge is 0.469 e. The van der Waals surface area contributed by atoms with Crippen LogP contribution in [0.4, 0.5) is 0 Å². The first-order valence-electron chi connectivity index (χ1n) is 11.0. The molecule has 0 spiro atoms. The molecular weight excluding hydrogens is 458 g/mol. The Labute approximate surface area is 199 Å². The number of nitrogens with zero attached hydrogens (tertiary/aromatic N) is 2. The Balaban J connectivity index is 1.69. The van der Waals surface area contributed by atoms with Crippen LogP contribution >= 0.6 is 0 Å². The van der Waals surface area contributed by atoms with E-state index in [2.05, 4.69) is 10.1 Å². The molecule has 0 aliphatic carbocycles. The molecule has 0 unspecified atom stereocenters. The zero-order valence-electron chi connectivity index (χ0n) is 19.3. The van der Waals surface area contributed by atoms with Gasteiger partial charge in [0.1, 0.15) is 6.04 Å². The molecule has 2 aromatic carbocycles. The maximum Gasteiger partial charge on any atom is 0.305 e. The van der Waals surface area contributed by atoms with Crippen molar-refractivity contribution in [3.63, 3.8) is 0 Å². The summed E-state index contributed by atoms with van der Waals surface area (Å²) in [5.41, 5.74) is 2.37. The summed E-state index contributed by atoms with van der Waals surface area (Å²) < 4.78 is 29.5. The zero-order chi connectivity index (χ0) is 24.7. The van der Waals surface area contributed by atoms with Crippen LogP contribution in [0.25, 0.3) is 11.1 Å². The van der Waals surface area contributed by atoms with Gasteiger partial charge in [-0.15, -0.1) is 0 Å². The van der Waals surface area contributed by atoms with Gasteiger partial charge in [0.05, 0.1) is 13.4 Å². The third-order valence-electron chi connectivity index (χ3n) is 5.74. The van der Waals surface area contributed by atoms with Crippen LogP contribution < -0.4 is 5.32 Å². The van der Waals surface area contributed by atoms with Crippen molar-refractivity contribution in [3.05, 3.63) is 60.2 Å². The topological polar surface area (TPSA) is 113 Å². The van der Waals surface area contributed by atoms with Gasteiger partial charge in [-0.2, -0.15) is 4.31 Å². The lowest BCUT2D eigenvalue weighted by atomic mass is 10.0. The molecule has 34 heavy (non-hydrogen) atoms. The van der Waals surface area contributed by atoms with E-state index in [0.29, 0.717) is 5.56 Å². The Bertz CT molecular complexity index is 1110. The number of esters is 1. The van der Waals surface area contributed by atoms with Crippen molar-refractivity contribution in [3.8, 4) is 11.1 Å². The number of ether oxygens (including phenoxy) is 1. The maximum absolute atomic E-state index is 13.2. The minimum atomic E-state index is -3.33. The van der Waals surface area contributed by atoms with Crippen LogP contribution in [-0.4, -0.2) is 81.0 Å². The van der Waals surface area contributed by atoms with E-state index in [0.717, 1.165) is 17.4 Å². The lowest BCUT2D eigenvalue weighted by molar-refractivity contribution is -0.141. The highest BCUT2D eigenvalue weighted by Crippen LogP contribution is 2.19. The second-order valence-corrected chi connectivity index (χ2v) is 10.1. The molecule has 0 aromatic heterocycles. The zero-order valence-corrected chi connectivity index (χ0v) is 20.1. The summed E-state index contributed by atoms with van der Waals surface area (Å²) in [6.07, 6.45) is 1.17. The van der Waals surface area contributed by atoms with E-state index in [1.807, 2.05) is 42.5 Å². The van der Waals surface area contributed by atoms with E-state index in [4.69, 9.17) is 0 Å². The van der Waals surface area contributed by atoms with E-state index in [1.54, 1.807) is 12.1 Å². The monoisotopic (exact) mass is 487 g/mol. The number of carbonyl (C=O) groups is 3. The maximum atomic E-state index is 13.2. The number of carbonyl (C=O) groups excluding carboxylic acids is 3. The van der Waals surface area contributed by atoms with Crippen LogP contribution in [0.15, 0.2) is 54.6 Å². The number of benzene rings is 2. The van der Waals surface area contributed by atoms with Gasteiger partial charge in [-0.3, -0.25) is 14.4 Å². The molecule has 3 rings (SSSR count). The SMILES string of the molecule is COC(=O)CC[C@H](NC(=O)c1ccc(-c2ccccc2)cc1)C(=O)N1CCN(S(C)(=O)=O)CC1. The molecule has 0 bridgehead atoms. The number of hydrogen-bond acceptors (Lipinski definition) is 6. The predicted octanol–water partition coefficient (Wildman–Crippen LogP) is 1.51. The smallest absolute Gasteiger partial charge is 0.305 e. The van der Waals surface area contributed by atoms with E-state index in [1.165, 1.54) is 16.3 Å². The molecule has 182 valence electrons. The molecular formula is C24H29N3O6S. The summed E-state index contributed by atoms with van der Waals surface area (Å²) in [4.78, 5) is 39.2. The van der Waals surface area contributed by atoms with Crippen molar-refractivity contribution in [2.75, 3.05) is 39.5 Å². The summed E-state index contributed by atoms with van der Waals surface area (Å²) in [5.74, 6) is -1.27. The highest BCUT2D eigenvalue weighted by molar-refractivity contribution is 7.88. The fourth-order valence-electron chi connectivity index (χ4n) is 3.77. The molecule has 0 radical (unpaired) electrons. The minimum Gasteiger partial charge on any atom is -0.469 e. The van der Waals surface area contributed by atoms with Crippen LogP contribution in [0.2, 0.25) is 0 Å². The molecule has 1 aliphatic heterocycles. The van der Waals surface area contributed by atoms with Gasteiger partial charge in [0.15, 0.2) is 0 Å². The summed E-state index contributed by atoms with van der Waals surface area (Å²) in [6.45, 7) is 0.789. The molecule has 0 saturated carbocycles. The van der Waals surface area contributed by atoms with Gasteiger partial charge in [0.25, 0.3) is 5.91 Å². The van der Waals surface area contributed by atoms with Crippen LogP contribution in [-0.2, 0) is 24.3 Å². The third kappa shape index (κ3) is 6.64. The van der Waals surface area contributed by atoms with Gasteiger partial charge in [0, 0.05) is 38.2 Å². The molecule has 2 amide bonds. The number of sulfonamides is 1. The lowest BCUT2D eigenvalue weighted by Crippen LogP contribution is -2.55. The lowest BCUT2D eigenvalue weighted by Gasteiger charge is -2.35. The first kappa shape index (κ1) is 25.4. The molecule has 1 saturated heterocycles. The Morgan fingerprint density at radius 3 is 2.09 bits per heavy atom. The molecule has 1 N–H and O–H groups in total. The van der Waals surface area contributed by atoms with E-state index < -0.39 is 27.9 Å². The van der Waals surface area contributed by atoms with Crippen molar-refractivity contribution in [1.82, 2.24) is 14.5 Å². The highest BCUT2D eigenvalue weighted by Gasteiger charge is 2.31. The summed E-state index contributed by atoms with van der Waals surface area (Å²) in [7, 11) is -2.07. The summed E-state index contributed by atoms with van der Waals surface area (Å²) >= 11 is 0. The van der Waals surface area contributed by atoms with Gasteiger partial charge in [-0.1, -0.05) is 42.5 Å². The van der Waals surface area contributed by atoms with Gasteiger partial charge < -0.3 is 15.0 Å².